The van der Waals surface area contributed by atoms with E-state index in [0.717, 1.165) is 25.2 Å². The Balaban J connectivity index is 1.52. The van der Waals surface area contributed by atoms with Crippen LogP contribution in [0.15, 0.2) is 42.7 Å². The largest absolute Gasteiger partial charge is 0.335 e. The molecule has 1 aromatic carbocycles. The van der Waals surface area contributed by atoms with Crippen LogP contribution in [0.5, 0.6) is 0 Å². The number of imidazole rings is 1. The van der Waals surface area contributed by atoms with Gasteiger partial charge in [0, 0.05) is 32.0 Å². The lowest BCUT2D eigenvalue weighted by atomic mass is 10.1. The topological polar surface area (TPSA) is 58.4 Å². The number of amides is 2. The minimum atomic E-state index is -0.393. The summed E-state index contributed by atoms with van der Waals surface area (Å²) in [5.74, 6) is 1.04. The highest BCUT2D eigenvalue weighted by Crippen LogP contribution is 2.14. The van der Waals surface area contributed by atoms with Crippen molar-refractivity contribution in [1.29, 1.82) is 0 Å². The summed E-state index contributed by atoms with van der Waals surface area (Å²) in [5, 5.41) is 0. The van der Waals surface area contributed by atoms with E-state index in [4.69, 9.17) is 0 Å². The van der Waals surface area contributed by atoms with E-state index >= 15 is 0 Å². The summed E-state index contributed by atoms with van der Waals surface area (Å²) in [6.07, 6.45) is 5.29. The molecule has 1 aliphatic heterocycles. The van der Waals surface area contributed by atoms with Crippen molar-refractivity contribution in [2.24, 2.45) is 0 Å². The Hall–Kier alpha value is -2.63. The SMILES string of the molecule is Cc1nccn1CCCN1C(=O)CN(CCc2ccccc2)C(=O)[C@H]1C. The number of piperazine rings is 1. The molecule has 1 saturated heterocycles. The molecule has 2 amide bonds. The van der Waals surface area contributed by atoms with Crippen molar-refractivity contribution >= 4 is 11.8 Å². The van der Waals surface area contributed by atoms with Crippen molar-refractivity contribution in [3.05, 3.63) is 54.1 Å². The third-order valence-corrected chi connectivity index (χ3v) is 5.02. The molecule has 3 rings (SSSR count). The van der Waals surface area contributed by atoms with Gasteiger partial charge in [-0.25, -0.2) is 4.98 Å². The molecular weight excluding hydrogens is 328 g/mol. The summed E-state index contributed by atoms with van der Waals surface area (Å²) in [7, 11) is 0. The number of benzene rings is 1. The highest BCUT2D eigenvalue weighted by molar-refractivity contribution is 5.94. The van der Waals surface area contributed by atoms with Crippen LogP contribution in [-0.2, 0) is 22.6 Å². The van der Waals surface area contributed by atoms with Crippen molar-refractivity contribution in [2.75, 3.05) is 19.6 Å². The van der Waals surface area contributed by atoms with Crippen molar-refractivity contribution in [3.8, 4) is 0 Å². The monoisotopic (exact) mass is 354 g/mol. The first kappa shape index (κ1) is 18.2. The number of hydrogen-bond acceptors (Lipinski definition) is 3. The Kier molecular flexibility index (Phi) is 5.71. The number of hydrogen-bond donors (Lipinski definition) is 0. The summed E-state index contributed by atoms with van der Waals surface area (Å²) in [6, 6.07) is 9.66. The summed E-state index contributed by atoms with van der Waals surface area (Å²) >= 11 is 0. The van der Waals surface area contributed by atoms with Crippen LogP contribution in [0.25, 0.3) is 0 Å². The molecule has 1 fully saturated rings. The van der Waals surface area contributed by atoms with Gasteiger partial charge >= 0.3 is 0 Å². The number of carbonyl (C=O) groups excluding carboxylic acids is 2. The molecule has 1 aliphatic rings. The van der Waals surface area contributed by atoms with Crippen LogP contribution in [0.2, 0.25) is 0 Å². The molecule has 0 radical (unpaired) electrons. The molecule has 1 aromatic heterocycles. The van der Waals surface area contributed by atoms with Gasteiger partial charge in [-0.3, -0.25) is 9.59 Å². The molecule has 2 aromatic rings. The highest BCUT2D eigenvalue weighted by atomic mass is 16.2. The van der Waals surface area contributed by atoms with E-state index in [0.29, 0.717) is 13.1 Å². The molecule has 26 heavy (non-hydrogen) atoms. The summed E-state index contributed by atoms with van der Waals surface area (Å²) in [4.78, 5) is 32.8. The van der Waals surface area contributed by atoms with Crippen LogP contribution in [-0.4, -0.2) is 56.8 Å². The van der Waals surface area contributed by atoms with E-state index in [9.17, 15) is 9.59 Å². The molecule has 6 heteroatoms. The lowest BCUT2D eigenvalue weighted by molar-refractivity contribution is -0.155. The van der Waals surface area contributed by atoms with Crippen molar-refractivity contribution in [2.45, 2.75) is 39.3 Å². The van der Waals surface area contributed by atoms with Crippen LogP contribution in [0, 0.1) is 6.92 Å². The van der Waals surface area contributed by atoms with E-state index in [-0.39, 0.29) is 18.4 Å². The van der Waals surface area contributed by atoms with Gasteiger partial charge < -0.3 is 14.4 Å². The smallest absolute Gasteiger partial charge is 0.245 e. The van der Waals surface area contributed by atoms with Gasteiger partial charge in [0.2, 0.25) is 11.8 Å². The van der Waals surface area contributed by atoms with E-state index < -0.39 is 6.04 Å². The Morgan fingerprint density at radius 2 is 1.88 bits per heavy atom. The molecular formula is C20H26N4O2. The maximum Gasteiger partial charge on any atom is 0.245 e. The van der Waals surface area contributed by atoms with Crippen molar-refractivity contribution in [1.82, 2.24) is 19.4 Å². The standard InChI is InChI=1S/C20H26N4O2/c1-16-20(26)23(13-9-18-7-4-3-5-8-18)15-19(25)24(16)12-6-11-22-14-10-21-17(22)2/h3-5,7-8,10,14,16H,6,9,11-13,15H2,1-2H3/t16-/m1/s1. The average molecular weight is 354 g/mol. The second-order valence-electron chi connectivity index (χ2n) is 6.78. The number of aryl methyl sites for hydroxylation is 2. The normalized spacial score (nSPS) is 17.8. The molecule has 2 heterocycles. The second kappa shape index (κ2) is 8.17. The van der Waals surface area contributed by atoms with Gasteiger partial charge in [-0.2, -0.15) is 0 Å². The predicted molar refractivity (Wildman–Crippen MR) is 99.5 cm³/mol. The molecule has 138 valence electrons. The minimum Gasteiger partial charge on any atom is -0.335 e. The number of carbonyl (C=O) groups is 2. The Bertz CT molecular complexity index is 756. The van der Waals surface area contributed by atoms with Gasteiger partial charge in [0.05, 0.1) is 6.54 Å². The van der Waals surface area contributed by atoms with E-state index in [1.165, 1.54) is 5.56 Å². The van der Waals surface area contributed by atoms with E-state index in [1.54, 1.807) is 16.0 Å². The molecule has 0 saturated carbocycles. The van der Waals surface area contributed by atoms with Gasteiger partial charge in [-0.1, -0.05) is 30.3 Å². The van der Waals surface area contributed by atoms with Crippen LogP contribution >= 0.6 is 0 Å². The predicted octanol–water partition coefficient (Wildman–Crippen LogP) is 1.88. The van der Waals surface area contributed by atoms with Crippen LogP contribution in [0.1, 0.15) is 24.7 Å². The summed E-state index contributed by atoms with van der Waals surface area (Å²) in [6.45, 7) is 5.95. The molecule has 0 bridgehead atoms. The quantitative estimate of drug-likeness (QED) is 0.763. The second-order valence-corrected chi connectivity index (χ2v) is 6.78. The van der Waals surface area contributed by atoms with E-state index in [2.05, 4.69) is 9.55 Å². The average Bonchev–Trinajstić information content (AvgIpc) is 3.05. The number of aromatic nitrogens is 2. The molecule has 1 atom stereocenters. The Morgan fingerprint density at radius 1 is 1.12 bits per heavy atom. The summed E-state index contributed by atoms with van der Waals surface area (Å²) < 4.78 is 2.06. The first-order valence-electron chi connectivity index (χ1n) is 9.16. The molecule has 0 aliphatic carbocycles. The van der Waals surface area contributed by atoms with Gasteiger partial charge in [0.15, 0.2) is 0 Å². The molecule has 0 N–H and O–H groups in total. The van der Waals surface area contributed by atoms with Gasteiger partial charge in [0.25, 0.3) is 0 Å². The zero-order chi connectivity index (χ0) is 18.5. The van der Waals surface area contributed by atoms with Gasteiger partial charge in [-0.05, 0) is 32.3 Å². The Labute approximate surface area is 154 Å². The van der Waals surface area contributed by atoms with Gasteiger partial charge in [-0.15, -0.1) is 0 Å². The molecule has 0 unspecified atom stereocenters. The number of nitrogens with zero attached hydrogens (tertiary/aromatic N) is 4. The van der Waals surface area contributed by atoms with Crippen LogP contribution in [0.3, 0.4) is 0 Å². The Morgan fingerprint density at radius 3 is 2.58 bits per heavy atom. The molecule has 0 spiro atoms. The zero-order valence-electron chi connectivity index (χ0n) is 15.5. The third kappa shape index (κ3) is 4.12. The highest BCUT2D eigenvalue weighted by Gasteiger charge is 2.35. The van der Waals surface area contributed by atoms with E-state index in [1.807, 2.05) is 50.4 Å². The maximum atomic E-state index is 12.7. The van der Waals surface area contributed by atoms with Crippen molar-refractivity contribution < 1.29 is 9.59 Å². The fourth-order valence-corrected chi connectivity index (χ4v) is 3.41. The first-order chi connectivity index (χ1) is 12.6. The minimum absolute atomic E-state index is 0.0347. The number of rotatable bonds is 7. The van der Waals surface area contributed by atoms with Crippen LogP contribution < -0.4 is 0 Å². The van der Waals surface area contributed by atoms with Crippen LogP contribution in [0.4, 0.5) is 0 Å². The van der Waals surface area contributed by atoms with Crippen molar-refractivity contribution in [3.63, 3.8) is 0 Å². The third-order valence-electron chi connectivity index (χ3n) is 5.02. The first-order valence-corrected chi connectivity index (χ1v) is 9.16. The lowest BCUT2D eigenvalue weighted by Crippen LogP contribution is -2.59. The molecule has 6 nitrogen and oxygen atoms in total. The maximum absolute atomic E-state index is 12.7. The fourth-order valence-electron chi connectivity index (χ4n) is 3.41. The summed E-state index contributed by atoms with van der Waals surface area (Å²) in [5.41, 5.74) is 1.18. The lowest BCUT2D eigenvalue weighted by Gasteiger charge is -2.39. The van der Waals surface area contributed by atoms with Gasteiger partial charge in [0.1, 0.15) is 11.9 Å². The fraction of sp³-hybridized carbons (Fsp3) is 0.450. The zero-order valence-corrected chi connectivity index (χ0v) is 15.5.